The van der Waals surface area contributed by atoms with Crippen molar-refractivity contribution in [3.63, 3.8) is 0 Å². The first kappa shape index (κ1) is 16.7. The first-order valence-electron chi connectivity index (χ1n) is 7.00. The van der Waals surface area contributed by atoms with E-state index in [1.54, 1.807) is 13.2 Å². The summed E-state index contributed by atoms with van der Waals surface area (Å²) < 4.78 is 5.09. The first-order valence-corrected chi connectivity index (χ1v) is 7.00. The van der Waals surface area contributed by atoms with Crippen LogP contribution in [0.4, 0.5) is 0 Å². The molecule has 1 amide bonds. The van der Waals surface area contributed by atoms with Crippen LogP contribution in [0.2, 0.25) is 0 Å². The van der Waals surface area contributed by atoms with E-state index >= 15 is 0 Å². The third kappa shape index (κ3) is 4.94. The molecule has 0 saturated heterocycles. The van der Waals surface area contributed by atoms with Crippen molar-refractivity contribution in [3.8, 4) is 0 Å². The second-order valence-electron chi connectivity index (χ2n) is 5.95. The Balaban J connectivity index is 2.81. The zero-order chi connectivity index (χ0) is 15.2. The Kier molecular flexibility index (Phi) is 6.17. The van der Waals surface area contributed by atoms with Crippen LogP contribution < -0.4 is 11.1 Å². The van der Waals surface area contributed by atoms with E-state index in [4.69, 9.17) is 10.5 Å². The zero-order valence-electron chi connectivity index (χ0n) is 12.9. The lowest BCUT2D eigenvalue weighted by atomic mass is 9.90. The molecule has 0 saturated carbocycles. The highest BCUT2D eigenvalue weighted by Gasteiger charge is 2.26. The zero-order valence-corrected chi connectivity index (χ0v) is 12.9. The van der Waals surface area contributed by atoms with Crippen LogP contribution in [0.3, 0.4) is 0 Å². The highest BCUT2D eigenvalue weighted by molar-refractivity contribution is 5.94. The van der Waals surface area contributed by atoms with Gasteiger partial charge in [0.05, 0.1) is 6.61 Å². The number of nitrogens with one attached hydrogen (secondary N) is 1. The highest BCUT2D eigenvalue weighted by Crippen LogP contribution is 2.16. The Morgan fingerprint density at radius 1 is 1.45 bits per heavy atom. The number of hydrogen-bond donors (Lipinski definition) is 2. The predicted octanol–water partition coefficient (Wildman–Crippen LogP) is 2.33. The maximum atomic E-state index is 12.3. The number of carbonyl (C=O) groups excluding carboxylic acids is 1. The third-order valence-electron chi connectivity index (χ3n) is 3.22. The van der Waals surface area contributed by atoms with Gasteiger partial charge < -0.3 is 15.8 Å². The van der Waals surface area contributed by atoms with Crippen molar-refractivity contribution < 1.29 is 9.53 Å². The van der Waals surface area contributed by atoms with Gasteiger partial charge in [-0.05, 0) is 37.0 Å². The first-order chi connectivity index (χ1) is 9.40. The number of rotatable bonds is 7. The molecule has 4 heteroatoms. The van der Waals surface area contributed by atoms with Crippen LogP contribution >= 0.6 is 0 Å². The summed E-state index contributed by atoms with van der Waals surface area (Å²) in [5.41, 5.74) is 7.08. The minimum Gasteiger partial charge on any atom is -0.380 e. The van der Waals surface area contributed by atoms with Crippen LogP contribution in [0, 0.1) is 5.92 Å². The van der Waals surface area contributed by atoms with Gasteiger partial charge in [0.2, 0.25) is 0 Å². The lowest BCUT2D eigenvalue weighted by Gasteiger charge is -2.31. The number of carbonyl (C=O) groups is 1. The summed E-state index contributed by atoms with van der Waals surface area (Å²) in [6.07, 6.45) is 0.854. The standard InChI is InChI=1S/C16H26N2O2/c1-12(2)9-16(3,11-17)18-15(19)14-7-5-6-13(8-14)10-20-4/h5-8,12H,9-11,17H2,1-4H3,(H,18,19). The van der Waals surface area contributed by atoms with E-state index in [0.29, 0.717) is 24.6 Å². The van der Waals surface area contributed by atoms with Crippen molar-refractivity contribution in [2.75, 3.05) is 13.7 Å². The monoisotopic (exact) mass is 278 g/mol. The van der Waals surface area contributed by atoms with E-state index in [2.05, 4.69) is 19.2 Å². The lowest BCUT2D eigenvalue weighted by Crippen LogP contribution is -2.52. The molecule has 0 aliphatic carbocycles. The van der Waals surface area contributed by atoms with Crippen LogP contribution in [0.1, 0.15) is 43.1 Å². The molecular formula is C16H26N2O2. The molecule has 4 nitrogen and oxygen atoms in total. The van der Waals surface area contributed by atoms with Gasteiger partial charge in [-0.1, -0.05) is 26.0 Å². The lowest BCUT2D eigenvalue weighted by molar-refractivity contribution is 0.0898. The minimum absolute atomic E-state index is 0.0865. The van der Waals surface area contributed by atoms with Gasteiger partial charge in [-0.3, -0.25) is 4.79 Å². The molecule has 0 bridgehead atoms. The van der Waals surface area contributed by atoms with Gasteiger partial charge in [0.1, 0.15) is 0 Å². The quantitative estimate of drug-likeness (QED) is 0.804. The van der Waals surface area contributed by atoms with Crippen LogP contribution in [0.5, 0.6) is 0 Å². The average Bonchev–Trinajstić information content (AvgIpc) is 2.38. The Morgan fingerprint density at radius 3 is 2.70 bits per heavy atom. The molecule has 0 aliphatic heterocycles. The van der Waals surface area contributed by atoms with E-state index in [1.165, 1.54) is 0 Å². The predicted molar refractivity (Wildman–Crippen MR) is 81.5 cm³/mol. The van der Waals surface area contributed by atoms with Crippen molar-refractivity contribution in [1.29, 1.82) is 0 Å². The molecule has 0 radical (unpaired) electrons. The van der Waals surface area contributed by atoms with Gasteiger partial charge in [-0.25, -0.2) is 0 Å². The third-order valence-corrected chi connectivity index (χ3v) is 3.22. The summed E-state index contributed by atoms with van der Waals surface area (Å²) in [4.78, 5) is 12.3. The number of amides is 1. The molecule has 0 aliphatic rings. The molecule has 1 unspecified atom stereocenters. The molecule has 1 atom stereocenters. The van der Waals surface area contributed by atoms with Gasteiger partial charge in [-0.2, -0.15) is 0 Å². The molecule has 0 fully saturated rings. The SMILES string of the molecule is COCc1cccc(C(=O)NC(C)(CN)CC(C)C)c1. The van der Waals surface area contributed by atoms with E-state index in [0.717, 1.165) is 12.0 Å². The molecule has 0 aromatic heterocycles. The summed E-state index contributed by atoms with van der Waals surface area (Å²) in [5.74, 6) is 0.389. The van der Waals surface area contributed by atoms with Crippen LogP contribution in [0.15, 0.2) is 24.3 Å². The van der Waals surface area contributed by atoms with E-state index in [-0.39, 0.29) is 11.4 Å². The van der Waals surface area contributed by atoms with Crippen LogP contribution in [0.25, 0.3) is 0 Å². The van der Waals surface area contributed by atoms with Crippen molar-refractivity contribution in [2.45, 2.75) is 39.3 Å². The van der Waals surface area contributed by atoms with Crippen molar-refractivity contribution in [1.82, 2.24) is 5.32 Å². The Morgan fingerprint density at radius 2 is 2.15 bits per heavy atom. The minimum atomic E-state index is -0.373. The van der Waals surface area contributed by atoms with Gasteiger partial charge in [-0.15, -0.1) is 0 Å². The molecule has 0 spiro atoms. The molecular weight excluding hydrogens is 252 g/mol. The van der Waals surface area contributed by atoms with E-state index < -0.39 is 0 Å². The highest BCUT2D eigenvalue weighted by atomic mass is 16.5. The van der Waals surface area contributed by atoms with Crippen LogP contribution in [-0.2, 0) is 11.3 Å². The average molecular weight is 278 g/mol. The summed E-state index contributed by atoms with van der Waals surface area (Å²) in [6.45, 7) is 7.17. The fourth-order valence-electron chi connectivity index (χ4n) is 2.40. The fraction of sp³-hybridized carbons (Fsp3) is 0.562. The summed E-state index contributed by atoms with van der Waals surface area (Å²) in [6, 6.07) is 7.47. The van der Waals surface area contributed by atoms with E-state index in [9.17, 15) is 4.79 Å². The van der Waals surface area contributed by atoms with E-state index in [1.807, 2.05) is 25.1 Å². The molecule has 20 heavy (non-hydrogen) atoms. The number of methoxy groups -OCH3 is 1. The van der Waals surface area contributed by atoms with Gasteiger partial charge >= 0.3 is 0 Å². The largest absolute Gasteiger partial charge is 0.380 e. The fourth-order valence-corrected chi connectivity index (χ4v) is 2.40. The molecule has 0 heterocycles. The second-order valence-corrected chi connectivity index (χ2v) is 5.95. The van der Waals surface area contributed by atoms with Gasteiger partial charge in [0, 0.05) is 24.8 Å². The number of hydrogen-bond acceptors (Lipinski definition) is 3. The molecule has 1 rings (SSSR count). The summed E-state index contributed by atoms with van der Waals surface area (Å²) >= 11 is 0. The van der Waals surface area contributed by atoms with Gasteiger partial charge in [0.25, 0.3) is 5.91 Å². The Bertz CT molecular complexity index is 446. The molecule has 3 N–H and O–H groups in total. The number of nitrogens with two attached hydrogens (primary N) is 1. The number of benzene rings is 1. The molecule has 112 valence electrons. The topological polar surface area (TPSA) is 64.3 Å². The van der Waals surface area contributed by atoms with Crippen molar-refractivity contribution >= 4 is 5.91 Å². The normalized spacial score (nSPS) is 14.1. The molecule has 1 aromatic carbocycles. The van der Waals surface area contributed by atoms with Crippen molar-refractivity contribution in [2.24, 2.45) is 11.7 Å². The maximum absolute atomic E-state index is 12.3. The van der Waals surface area contributed by atoms with Crippen LogP contribution in [-0.4, -0.2) is 25.1 Å². The van der Waals surface area contributed by atoms with Gasteiger partial charge in [0.15, 0.2) is 0 Å². The Labute approximate surface area is 121 Å². The summed E-state index contributed by atoms with van der Waals surface area (Å²) in [7, 11) is 1.64. The second kappa shape index (κ2) is 7.41. The molecule has 1 aromatic rings. The smallest absolute Gasteiger partial charge is 0.251 e. The number of ether oxygens (including phenoxy) is 1. The Hall–Kier alpha value is -1.39. The van der Waals surface area contributed by atoms with Crippen molar-refractivity contribution in [3.05, 3.63) is 35.4 Å². The summed E-state index contributed by atoms with van der Waals surface area (Å²) in [5, 5.41) is 3.06. The maximum Gasteiger partial charge on any atom is 0.251 e.